The SMILES string of the molecule is COC(=O)c1cnc(N2CCCN(C(=O)NC3CCCCC3)CC2)nc1C(F)(F)F. The standard InChI is InChI=1S/C19H26F3N5O3/c1-30-16(28)14-12-23-17(25-15(14)19(20,21)22)26-8-5-9-27(11-10-26)18(29)24-13-6-3-2-4-7-13/h12-13H,2-11H2,1H3,(H,24,29). The number of hydrogen-bond acceptors (Lipinski definition) is 6. The maximum absolute atomic E-state index is 13.4. The minimum atomic E-state index is -4.82. The summed E-state index contributed by atoms with van der Waals surface area (Å²) in [6, 6.07) is 0.0517. The van der Waals surface area contributed by atoms with Gasteiger partial charge < -0.3 is 19.9 Å². The molecule has 1 N–H and O–H groups in total. The number of nitrogens with zero attached hydrogens (tertiary/aromatic N) is 4. The zero-order valence-corrected chi connectivity index (χ0v) is 16.9. The maximum atomic E-state index is 13.4. The van der Waals surface area contributed by atoms with Crippen LogP contribution in [-0.2, 0) is 10.9 Å². The topological polar surface area (TPSA) is 87.7 Å². The van der Waals surface area contributed by atoms with Crippen molar-refractivity contribution in [2.24, 2.45) is 0 Å². The molecule has 0 radical (unpaired) electrons. The van der Waals surface area contributed by atoms with Crippen LogP contribution in [0.5, 0.6) is 0 Å². The highest BCUT2D eigenvalue weighted by molar-refractivity contribution is 5.90. The third kappa shape index (κ3) is 5.31. The van der Waals surface area contributed by atoms with Crippen LogP contribution in [0.3, 0.4) is 0 Å². The Morgan fingerprint density at radius 1 is 1.10 bits per heavy atom. The lowest BCUT2D eigenvalue weighted by Gasteiger charge is -2.27. The normalized spacial score (nSPS) is 18.7. The van der Waals surface area contributed by atoms with Gasteiger partial charge in [0.05, 0.1) is 7.11 Å². The molecule has 1 aromatic rings. The molecule has 0 unspecified atom stereocenters. The Morgan fingerprint density at radius 3 is 2.50 bits per heavy atom. The Balaban J connectivity index is 1.68. The second kappa shape index (κ2) is 9.48. The van der Waals surface area contributed by atoms with E-state index in [9.17, 15) is 22.8 Å². The minimum absolute atomic E-state index is 0.121. The number of esters is 1. The third-order valence-electron chi connectivity index (χ3n) is 5.45. The molecule has 1 aliphatic carbocycles. The Bertz CT molecular complexity index is 768. The van der Waals surface area contributed by atoms with Crippen LogP contribution in [0.15, 0.2) is 6.20 Å². The van der Waals surface area contributed by atoms with E-state index in [2.05, 4.69) is 20.0 Å². The summed E-state index contributed by atoms with van der Waals surface area (Å²) in [4.78, 5) is 35.0. The first kappa shape index (κ1) is 22.1. The number of carbonyl (C=O) groups excluding carboxylic acids is 2. The number of ether oxygens (including phenoxy) is 1. The van der Waals surface area contributed by atoms with Gasteiger partial charge in [-0.2, -0.15) is 13.2 Å². The average molecular weight is 429 g/mol. The Morgan fingerprint density at radius 2 is 1.83 bits per heavy atom. The fourth-order valence-electron chi connectivity index (χ4n) is 3.83. The fourth-order valence-corrected chi connectivity index (χ4v) is 3.83. The van der Waals surface area contributed by atoms with Gasteiger partial charge in [-0.05, 0) is 19.3 Å². The van der Waals surface area contributed by atoms with Crippen molar-refractivity contribution >= 4 is 17.9 Å². The predicted molar refractivity (Wildman–Crippen MR) is 102 cm³/mol. The van der Waals surface area contributed by atoms with Gasteiger partial charge in [-0.25, -0.2) is 19.6 Å². The van der Waals surface area contributed by atoms with E-state index >= 15 is 0 Å². The molecule has 0 bridgehead atoms. The van der Waals surface area contributed by atoms with E-state index in [1.54, 1.807) is 9.80 Å². The molecule has 1 aliphatic heterocycles. The van der Waals surface area contributed by atoms with E-state index in [-0.39, 0.29) is 18.0 Å². The summed E-state index contributed by atoms with van der Waals surface area (Å²) in [5.74, 6) is -1.26. The monoisotopic (exact) mass is 429 g/mol. The largest absolute Gasteiger partial charge is 0.465 e. The van der Waals surface area contributed by atoms with Crippen LogP contribution in [-0.4, -0.2) is 66.2 Å². The summed E-state index contributed by atoms with van der Waals surface area (Å²) in [7, 11) is 0.998. The molecule has 2 aliphatic rings. The minimum Gasteiger partial charge on any atom is -0.465 e. The Kier molecular flexibility index (Phi) is 6.99. The number of halogens is 3. The molecule has 166 valence electrons. The number of amides is 2. The van der Waals surface area contributed by atoms with E-state index in [1.165, 1.54) is 6.42 Å². The highest BCUT2D eigenvalue weighted by atomic mass is 19.4. The molecule has 8 nitrogen and oxygen atoms in total. The summed E-state index contributed by atoms with van der Waals surface area (Å²) in [6.07, 6.45) is 1.96. The number of nitrogens with one attached hydrogen (secondary N) is 1. The lowest BCUT2D eigenvalue weighted by atomic mass is 9.96. The first-order valence-corrected chi connectivity index (χ1v) is 10.1. The second-order valence-electron chi connectivity index (χ2n) is 7.53. The van der Waals surface area contributed by atoms with Crippen LogP contribution >= 0.6 is 0 Å². The van der Waals surface area contributed by atoms with E-state index < -0.39 is 23.4 Å². The summed E-state index contributed by atoms with van der Waals surface area (Å²) in [5.41, 5.74) is -2.05. The molecular weight excluding hydrogens is 403 g/mol. The van der Waals surface area contributed by atoms with E-state index in [1.807, 2.05) is 0 Å². The number of aromatic nitrogens is 2. The van der Waals surface area contributed by atoms with Crippen LogP contribution in [0, 0.1) is 0 Å². The van der Waals surface area contributed by atoms with Crippen molar-refractivity contribution < 1.29 is 27.5 Å². The lowest BCUT2D eigenvalue weighted by Crippen LogP contribution is -2.46. The van der Waals surface area contributed by atoms with E-state index in [0.29, 0.717) is 32.6 Å². The third-order valence-corrected chi connectivity index (χ3v) is 5.45. The van der Waals surface area contributed by atoms with E-state index in [4.69, 9.17) is 0 Å². The molecule has 1 saturated heterocycles. The van der Waals surface area contributed by atoms with Gasteiger partial charge in [0.15, 0.2) is 5.69 Å². The number of urea groups is 1. The van der Waals surface area contributed by atoms with Crippen LogP contribution in [0.25, 0.3) is 0 Å². The molecule has 30 heavy (non-hydrogen) atoms. The van der Waals surface area contributed by atoms with Gasteiger partial charge in [0.2, 0.25) is 5.95 Å². The van der Waals surface area contributed by atoms with Crippen molar-refractivity contribution in [1.29, 1.82) is 0 Å². The van der Waals surface area contributed by atoms with Crippen molar-refractivity contribution in [3.05, 3.63) is 17.5 Å². The first-order valence-electron chi connectivity index (χ1n) is 10.1. The van der Waals surface area contributed by atoms with Gasteiger partial charge in [-0.1, -0.05) is 19.3 Å². The van der Waals surface area contributed by atoms with Crippen molar-refractivity contribution in [2.45, 2.75) is 50.7 Å². The summed E-state index contributed by atoms with van der Waals surface area (Å²) < 4.78 is 44.6. The molecular formula is C19H26F3N5O3. The van der Waals surface area contributed by atoms with Gasteiger partial charge in [0, 0.05) is 38.4 Å². The molecule has 1 saturated carbocycles. The molecule has 0 atom stereocenters. The number of methoxy groups -OCH3 is 1. The van der Waals surface area contributed by atoms with Crippen molar-refractivity contribution in [1.82, 2.24) is 20.2 Å². The molecule has 2 fully saturated rings. The van der Waals surface area contributed by atoms with E-state index in [0.717, 1.165) is 39.0 Å². The van der Waals surface area contributed by atoms with Gasteiger partial charge in [-0.3, -0.25) is 0 Å². The quantitative estimate of drug-likeness (QED) is 0.744. The molecule has 0 spiro atoms. The molecule has 2 heterocycles. The number of hydrogen-bond donors (Lipinski definition) is 1. The molecule has 3 rings (SSSR count). The van der Waals surface area contributed by atoms with Crippen molar-refractivity contribution in [3.63, 3.8) is 0 Å². The zero-order chi connectivity index (χ0) is 21.7. The van der Waals surface area contributed by atoms with Gasteiger partial charge in [0.1, 0.15) is 5.56 Å². The summed E-state index contributed by atoms with van der Waals surface area (Å²) >= 11 is 0. The predicted octanol–water partition coefficient (Wildman–Crippen LogP) is 2.84. The fraction of sp³-hybridized carbons (Fsp3) is 0.684. The zero-order valence-electron chi connectivity index (χ0n) is 16.9. The number of rotatable bonds is 3. The number of carbonyl (C=O) groups is 2. The molecule has 1 aromatic heterocycles. The highest BCUT2D eigenvalue weighted by Crippen LogP contribution is 2.31. The highest BCUT2D eigenvalue weighted by Gasteiger charge is 2.39. The number of anilines is 1. The van der Waals surface area contributed by atoms with Crippen LogP contribution in [0.4, 0.5) is 23.9 Å². The van der Waals surface area contributed by atoms with Crippen molar-refractivity contribution in [3.8, 4) is 0 Å². The van der Waals surface area contributed by atoms with Crippen molar-refractivity contribution in [2.75, 3.05) is 38.2 Å². The summed E-state index contributed by atoms with van der Waals surface area (Å²) in [5, 5.41) is 3.06. The molecule has 2 amide bonds. The van der Waals surface area contributed by atoms with Crippen LogP contribution in [0.1, 0.15) is 54.6 Å². The smallest absolute Gasteiger partial charge is 0.434 e. The van der Waals surface area contributed by atoms with Crippen LogP contribution < -0.4 is 10.2 Å². The maximum Gasteiger partial charge on any atom is 0.434 e. The van der Waals surface area contributed by atoms with Gasteiger partial charge in [0.25, 0.3) is 0 Å². The van der Waals surface area contributed by atoms with Crippen LogP contribution in [0.2, 0.25) is 0 Å². The van der Waals surface area contributed by atoms with Gasteiger partial charge in [-0.15, -0.1) is 0 Å². The Labute approximate surface area is 172 Å². The molecule has 0 aromatic carbocycles. The molecule has 11 heteroatoms. The first-order chi connectivity index (χ1) is 14.3. The number of alkyl halides is 3. The Hall–Kier alpha value is -2.59. The van der Waals surface area contributed by atoms with Gasteiger partial charge >= 0.3 is 18.2 Å². The lowest BCUT2D eigenvalue weighted by molar-refractivity contribution is -0.141. The average Bonchev–Trinajstić information content (AvgIpc) is 2.99. The summed E-state index contributed by atoms with van der Waals surface area (Å²) in [6.45, 7) is 1.55. The second-order valence-corrected chi connectivity index (χ2v) is 7.53.